The van der Waals surface area contributed by atoms with Gasteiger partial charge in [0.1, 0.15) is 11.2 Å². The molecule has 180 valence electrons. The van der Waals surface area contributed by atoms with Gasteiger partial charge in [0.05, 0.1) is 17.5 Å². The minimum Gasteiger partial charge on any atom is -0.444 e. The van der Waals surface area contributed by atoms with Crippen LogP contribution in [-0.2, 0) is 9.53 Å². The Hall–Kier alpha value is -3.41. The first-order valence-corrected chi connectivity index (χ1v) is 10.8. The van der Waals surface area contributed by atoms with E-state index >= 15 is 0 Å². The summed E-state index contributed by atoms with van der Waals surface area (Å²) in [5.41, 5.74) is 0.255. The summed E-state index contributed by atoms with van der Waals surface area (Å²) in [4.78, 5) is 41.1. The van der Waals surface area contributed by atoms with Crippen molar-refractivity contribution in [1.29, 1.82) is 0 Å². The van der Waals surface area contributed by atoms with Crippen LogP contribution in [0, 0.1) is 0 Å². The number of rotatable bonds is 5. The van der Waals surface area contributed by atoms with Crippen LogP contribution >= 0.6 is 0 Å². The van der Waals surface area contributed by atoms with E-state index in [1.807, 2.05) is 20.8 Å². The Morgan fingerprint density at radius 2 is 2.03 bits per heavy atom. The van der Waals surface area contributed by atoms with E-state index in [1.54, 1.807) is 9.42 Å². The lowest BCUT2D eigenvalue weighted by molar-refractivity contribution is -0.120. The van der Waals surface area contributed by atoms with Crippen LogP contribution in [0.3, 0.4) is 0 Å². The van der Waals surface area contributed by atoms with E-state index in [0.29, 0.717) is 31.6 Å². The summed E-state index contributed by atoms with van der Waals surface area (Å²) < 4.78 is 6.99. The van der Waals surface area contributed by atoms with Crippen LogP contribution in [-0.4, -0.2) is 72.9 Å². The number of fused-ring (bicyclic) bond motifs is 1. The Bertz CT molecular complexity index is 1090. The Morgan fingerprint density at radius 1 is 1.33 bits per heavy atom. The number of aliphatic hydroxyl groups excluding tert-OH is 1. The number of H-pyrrole nitrogens is 1. The molecule has 12 heteroatoms. The number of aromatic amines is 1. The highest BCUT2D eigenvalue weighted by Gasteiger charge is 2.29. The molecule has 33 heavy (non-hydrogen) atoms. The van der Waals surface area contributed by atoms with Gasteiger partial charge in [-0.1, -0.05) is 5.16 Å². The fourth-order valence-corrected chi connectivity index (χ4v) is 3.74. The highest BCUT2D eigenvalue weighted by molar-refractivity contribution is 6.10. The molecule has 0 spiro atoms. The Kier molecular flexibility index (Phi) is 7.36. The Labute approximate surface area is 190 Å². The predicted molar refractivity (Wildman–Crippen MR) is 118 cm³/mol. The summed E-state index contributed by atoms with van der Waals surface area (Å²) in [6.07, 6.45) is 2.58. The van der Waals surface area contributed by atoms with Gasteiger partial charge in [0.2, 0.25) is 5.91 Å². The minimum absolute atomic E-state index is 0.0325. The minimum atomic E-state index is -0.572. The molecule has 1 aliphatic rings. The van der Waals surface area contributed by atoms with Crippen LogP contribution in [0.1, 0.15) is 63.6 Å². The number of carbonyl (C=O) groups is 2. The van der Waals surface area contributed by atoms with Crippen LogP contribution in [0.15, 0.2) is 22.2 Å². The van der Waals surface area contributed by atoms with Crippen LogP contribution in [0.2, 0.25) is 0 Å². The molecule has 3 rings (SSSR count). The maximum Gasteiger partial charge on any atom is 0.410 e. The number of aromatic nitrogens is 3. The fourth-order valence-electron chi connectivity index (χ4n) is 3.74. The second kappa shape index (κ2) is 10.0. The number of nitrogens with one attached hydrogen (secondary N) is 2. The zero-order valence-corrected chi connectivity index (χ0v) is 19.0. The number of likely N-dealkylation sites (tertiary alicyclic amines) is 1. The molecule has 2 amide bonds. The smallest absolute Gasteiger partial charge is 0.410 e. The molecule has 1 fully saturated rings. The molecule has 0 bridgehead atoms. The molecular weight excluding hydrogens is 432 g/mol. The highest BCUT2D eigenvalue weighted by atomic mass is 16.6. The number of nitrogens with zero attached hydrogens (tertiary/aromatic N) is 4. The van der Waals surface area contributed by atoms with E-state index in [9.17, 15) is 19.6 Å². The number of aliphatic hydroxyl groups is 1. The molecule has 0 atom stereocenters. The zero-order chi connectivity index (χ0) is 24.2. The SMILES string of the molecule is CC(C)(C)OC(=O)N1CCC(c2cc(=O)[nH]c3c(/C(=N\O)NC(=O)CCCO)cnn23)CC1. The number of amidine groups is 1. The van der Waals surface area contributed by atoms with Gasteiger partial charge in [-0.25, -0.2) is 9.31 Å². The molecular formula is C21H30N6O6. The van der Waals surface area contributed by atoms with Crippen molar-refractivity contribution >= 4 is 23.5 Å². The summed E-state index contributed by atoms with van der Waals surface area (Å²) >= 11 is 0. The summed E-state index contributed by atoms with van der Waals surface area (Å²) in [6, 6.07) is 1.47. The number of oxime groups is 1. The van der Waals surface area contributed by atoms with Gasteiger partial charge in [-0.2, -0.15) is 5.10 Å². The first kappa shape index (κ1) is 24.2. The second-order valence-electron chi connectivity index (χ2n) is 8.94. The molecule has 12 nitrogen and oxygen atoms in total. The number of hydrogen-bond acceptors (Lipinski definition) is 8. The van der Waals surface area contributed by atoms with E-state index in [4.69, 9.17) is 9.84 Å². The molecule has 1 aliphatic heterocycles. The third-order valence-electron chi connectivity index (χ3n) is 5.27. The van der Waals surface area contributed by atoms with Crippen LogP contribution < -0.4 is 10.9 Å². The molecule has 1 saturated heterocycles. The number of ether oxygens (including phenoxy) is 1. The van der Waals surface area contributed by atoms with Crippen LogP contribution in [0.5, 0.6) is 0 Å². The van der Waals surface area contributed by atoms with Crippen molar-refractivity contribution in [2.75, 3.05) is 19.7 Å². The van der Waals surface area contributed by atoms with Gasteiger partial charge in [0.15, 0.2) is 5.84 Å². The van der Waals surface area contributed by atoms with Gasteiger partial charge >= 0.3 is 6.09 Å². The summed E-state index contributed by atoms with van der Waals surface area (Å²) in [6.45, 7) is 6.27. The third kappa shape index (κ3) is 5.89. The lowest BCUT2D eigenvalue weighted by atomic mass is 9.93. The number of piperidine rings is 1. The van der Waals surface area contributed by atoms with Gasteiger partial charge in [-0.3, -0.25) is 9.59 Å². The van der Waals surface area contributed by atoms with Crippen molar-refractivity contribution in [3.05, 3.63) is 33.9 Å². The van der Waals surface area contributed by atoms with E-state index in [0.717, 1.165) is 0 Å². The number of amides is 2. The van der Waals surface area contributed by atoms with Gasteiger partial charge in [0, 0.05) is 38.1 Å². The lowest BCUT2D eigenvalue weighted by Crippen LogP contribution is -2.41. The van der Waals surface area contributed by atoms with Gasteiger partial charge in [-0.15, -0.1) is 0 Å². The third-order valence-corrected chi connectivity index (χ3v) is 5.27. The topological polar surface area (TPSA) is 162 Å². The molecule has 3 heterocycles. The van der Waals surface area contributed by atoms with Gasteiger partial charge in [-0.05, 0) is 40.0 Å². The molecule has 0 aromatic carbocycles. The highest BCUT2D eigenvalue weighted by Crippen LogP contribution is 2.28. The van der Waals surface area contributed by atoms with Crippen molar-refractivity contribution in [2.24, 2.45) is 5.16 Å². The van der Waals surface area contributed by atoms with Crippen molar-refractivity contribution < 1.29 is 24.6 Å². The van der Waals surface area contributed by atoms with Gasteiger partial charge < -0.3 is 30.3 Å². The Morgan fingerprint density at radius 3 is 2.64 bits per heavy atom. The fraction of sp³-hybridized carbons (Fsp3) is 0.571. The average molecular weight is 463 g/mol. The quantitative estimate of drug-likeness (QED) is 0.224. The molecule has 2 aromatic heterocycles. The summed E-state index contributed by atoms with van der Waals surface area (Å²) in [5.74, 6) is -0.625. The standard InChI is InChI=1S/C21H30N6O6/c1-21(2,3)33-20(31)26-8-6-13(7-9-26)15-11-17(30)24-19-14(12-22-27(15)19)18(25-32)23-16(29)5-4-10-28/h11-13,28,32H,4-10H2,1-3H3,(H,24,30)(H,23,25,29). The number of hydrogen-bond donors (Lipinski definition) is 4. The molecule has 4 N–H and O–H groups in total. The van der Waals surface area contributed by atoms with Crippen LogP contribution in [0.25, 0.3) is 5.65 Å². The van der Waals surface area contributed by atoms with Crippen LogP contribution in [0.4, 0.5) is 4.79 Å². The van der Waals surface area contributed by atoms with Crippen molar-refractivity contribution in [3.8, 4) is 0 Å². The summed E-state index contributed by atoms with van der Waals surface area (Å²) in [5, 5.41) is 28.2. The molecule has 0 aliphatic carbocycles. The monoisotopic (exact) mass is 462 g/mol. The maximum absolute atomic E-state index is 12.4. The van der Waals surface area contributed by atoms with Crippen molar-refractivity contribution in [2.45, 2.75) is 58.0 Å². The first-order valence-electron chi connectivity index (χ1n) is 10.8. The van der Waals surface area contributed by atoms with Crippen molar-refractivity contribution in [1.82, 2.24) is 24.8 Å². The van der Waals surface area contributed by atoms with Crippen molar-refractivity contribution in [3.63, 3.8) is 0 Å². The summed E-state index contributed by atoms with van der Waals surface area (Å²) in [7, 11) is 0. The average Bonchev–Trinajstić information content (AvgIpc) is 3.18. The zero-order valence-electron chi connectivity index (χ0n) is 19.0. The molecule has 0 unspecified atom stereocenters. The molecule has 2 aromatic rings. The molecule has 0 saturated carbocycles. The largest absolute Gasteiger partial charge is 0.444 e. The Balaban J connectivity index is 1.81. The lowest BCUT2D eigenvalue weighted by Gasteiger charge is -2.33. The van der Waals surface area contributed by atoms with E-state index in [-0.39, 0.29) is 54.1 Å². The van der Waals surface area contributed by atoms with E-state index in [1.165, 1.54) is 12.3 Å². The van der Waals surface area contributed by atoms with E-state index < -0.39 is 11.5 Å². The normalized spacial score (nSPS) is 15.6. The number of carbonyl (C=O) groups excluding carboxylic acids is 2. The predicted octanol–water partition coefficient (Wildman–Crippen LogP) is 1.16. The second-order valence-corrected chi connectivity index (χ2v) is 8.94. The molecule has 0 radical (unpaired) electrons. The maximum atomic E-state index is 12.4. The van der Waals surface area contributed by atoms with E-state index in [2.05, 4.69) is 20.6 Å². The first-order chi connectivity index (χ1) is 15.6. The van der Waals surface area contributed by atoms with Gasteiger partial charge in [0.25, 0.3) is 5.56 Å².